The average molecular weight is 749 g/mol. The van der Waals surface area contributed by atoms with Gasteiger partial charge in [-0.1, -0.05) is 164 Å². The summed E-state index contributed by atoms with van der Waals surface area (Å²) in [6.07, 6.45) is 36.7. The molecule has 5 aromatic carbocycles. The second-order valence-corrected chi connectivity index (χ2v) is 14.8. The number of fused-ring (bicyclic) bond motifs is 4. The van der Waals surface area contributed by atoms with Crippen LogP contribution in [0.15, 0.2) is 234 Å². The van der Waals surface area contributed by atoms with Crippen molar-refractivity contribution in [3.05, 3.63) is 234 Å². The average Bonchev–Trinajstić information content (AvgIpc) is 3.63. The minimum Gasteiger partial charge on any atom is -0.309 e. The molecule has 0 saturated carbocycles. The maximum absolute atomic E-state index is 6.60. The van der Waals surface area contributed by atoms with Gasteiger partial charge in [0.15, 0.2) is 0 Å². The second-order valence-electron chi connectivity index (χ2n) is 14.8. The number of benzene rings is 5. The summed E-state index contributed by atoms with van der Waals surface area (Å²) in [5.41, 5.74) is 11.9. The fourth-order valence-corrected chi connectivity index (χ4v) is 8.77. The molecule has 0 amide bonds. The Morgan fingerprint density at radius 3 is 2.22 bits per heavy atom. The topological polar surface area (TPSA) is 8.17 Å². The van der Waals surface area contributed by atoms with Crippen molar-refractivity contribution in [2.24, 2.45) is 5.41 Å². The number of hydrogen-bond donors (Lipinski definition) is 0. The SMILES string of the molecule is C#C/C(=C\C=C1/CC(/C(C)=C/C=C\C)(/C(C=C)=C/C=C\C)C2=C1C=CCC=C2)N(c1ccc2ccccc2c1)c1ccc2c3ccccc3n(-c3ccccc3)c2c1. The van der Waals surface area contributed by atoms with Gasteiger partial charge in [-0.25, -0.2) is 0 Å². The third-order valence-electron chi connectivity index (χ3n) is 11.5. The number of allylic oxidation sites excluding steroid dienone is 19. The first-order valence-electron chi connectivity index (χ1n) is 20.1. The molecule has 8 rings (SSSR count). The van der Waals surface area contributed by atoms with Crippen LogP contribution in [0.3, 0.4) is 0 Å². The van der Waals surface area contributed by atoms with Crippen molar-refractivity contribution in [2.45, 2.75) is 33.6 Å². The van der Waals surface area contributed by atoms with Gasteiger partial charge in [0.1, 0.15) is 0 Å². The fourth-order valence-electron chi connectivity index (χ4n) is 8.77. The molecular formula is C56H48N2. The fraction of sp³-hybridized carbons (Fsp3) is 0.107. The Hall–Kier alpha value is -7.08. The number of rotatable bonds is 10. The zero-order chi connectivity index (χ0) is 40.1. The molecule has 0 fully saturated rings. The monoisotopic (exact) mass is 748 g/mol. The van der Waals surface area contributed by atoms with Crippen LogP contribution in [0, 0.1) is 17.8 Å². The van der Waals surface area contributed by atoms with E-state index in [0.717, 1.165) is 52.0 Å². The Bertz CT molecular complexity index is 2880. The van der Waals surface area contributed by atoms with Gasteiger partial charge in [-0.15, -0.1) is 6.42 Å². The summed E-state index contributed by atoms with van der Waals surface area (Å²) in [6.45, 7) is 10.7. The van der Waals surface area contributed by atoms with Crippen LogP contribution in [0.4, 0.5) is 11.4 Å². The zero-order valence-corrected chi connectivity index (χ0v) is 33.6. The smallest absolute Gasteiger partial charge is 0.0967 e. The lowest BCUT2D eigenvalue weighted by Gasteiger charge is -2.34. The highest BCUT2D eigenvalue weighted by atomic mass is 15.1. The van der Waals surface area contributed by atoms with Gasteiger partial charge in [-0.2, -0.15) is 0 Å². The van der Waals surface area contributed by atoms with E-state index in [9.17, 15) is 0 Å². The van der Waals surface area contributed by atoms with Crippen molar-refractivity contribution in [3.8, 4) is 18.0 Å². The third-order valence-corrected chi connectivity index (χ3v) is 11.5. The van der Waals surface area contributed by atoms with E-state index in [1.807, 2.05) is 6.08 Å². The summed E-state index contributed by atoms with van der Waals surface area (Å²) >= 11 is 0. The summed E-state index contributed by atoms with van der Waals surface area (Å²) in [5.74, 6) is 3.14. The van der Waals surface area contributed by atoms with Gasteiger partial charge >= 0.3 is 0 Å². The molecule has 0 radical (unpaired) electrons. The van der Waals surface area contributed by atoms with E-state index in [0.29, 0.717) is 0 Å². The zero-order valence-electron chi connectivity index (χ0n) is 33.6. The number of para-hydroxylation sites is 2. The number of aromatic nitrogens is 1. The van der Waals surface area contributed by atoms with Gasteiger partial charge < -0.3 is 9.47 Å². The van der Waals surface area contributed by atoms with E-state index in [2.05, 4.69) is 231 Å². The van der Waals surface area contributed by atoms with Crippen molar-refractivity contribution in [3.63, 3.8) is 0 Å². The van der Waals surface area contributed by atoms with Gasteiger partial charge in [0.2, 0.25) is 0 Å². The Kier molecular flexibility index (Phi) is 10.8. The Labute approximate surface area is 343 Å². The third kappa shape index (κ3) is 6.76. The van der Waals surface area contributed by atoms with E-state index < -0.39 is 5.41 Å². The summed E-state index contributed by atoms with van der Waals surface area (Å²) in [4.78, 5) is 2.23. The maximum atomic E-state index is 6.60. The van der Waals surface area contributed by atoms with Crippen molar-refractivity contribution in [1.29, 1.82) is 0 Å². The standard InChI is InChI=1S/C56H48N2/c1-6-10-22-41(5)56(45(8-3)25-11-7-2)40-44(50-28-16-13-17-30-53(50)56)33-34-46(9-4)57(48-35-32-42-23-18-19-24-43(42)38-48)49-36-37-52-51-29-20-21-31-54(51)58(55(52)39-49)47-26-14-12-15-27-47/h4,6-8,10-12,14-39H,3,13,40H2,1-2,5H3/b10-6-,11-7-,41-22+,44-33+,45-25+,46-34+. The van der Waals surface area contributed by atoms with Crippen molar-refractivity contribution >= 4 is 44.0 Å². The highest BCUT2D eigenvalue weighted by Gasteiger charge is 2.44. The maximum Gasteiger partial charge on any atom is 0.0967 e. The van der Waals surface area contributed by atoms with E-state index >= 15 is 0 Å². The molecular weight excluding hydrogens is 701 g/mol. The molecule has 1 heterocycles. The molecule has 2 aliphatic rings. The molecule has 2 nitrogen and oxygen atoms in total. The van der Waals surface area contributed by atoms with Gasteiger partial charge in [-0.05, 0) is 115 Å². The molecule has 1 unspecified atom stereocenters. The minimum atomic E-state index is -0.398. The molecule has 0 aliphatic heterocycles. The van der Waals surface area contributed by atoms with Gasteiger partial charge in [0.25, 0.3) is 0 Å². The lowest BCUT2D eigenvalue weighted by Crippen LogP contribution is -2.24. The summed E-state index contributed by atoms with van der Waals surface area (Å²) in [7, 11) is 0. The van der Waals surface area contributed by atoms with Gasteiger partial charge in [0, 0.05) is 33.2 Å². The number of nitrogens with zero attached hydrogens (tertiary/aromatic N) is 2. The first kappa shape index (κ1) is 37.8. The van der Waals surface area contributed by atoms with Crippen molar-refractivity contribution < 1.29 is 0 Å². The molecule has 282 valence electrons. The van der Waals surface area contributed by atoms with Crippen LogP contribution in [-0.4, -0.2) is 4.57 Å². The number of hydrogen-bond acceptors (Lipinski definition) is 1. The predicted octanol–water partition coefficient (Wildman–Crippen LogP) is 14.9. The van der Waals surface area contributed by atoms with Crippen molar-refractivity contribution in [1.82, 2.24) is 4.57 Å². The van der Waals surface area contributed by atoms with E-state index in [1.165, 1.54) is 44.0 Å². The molecule has 2 heteroatoms. The lowest BCUT2D eigenvalue weighted by atomic mass is 9.68. The quantitative estimate of drug-likeness (QED) is 0.100. The number of anilines is 2. The molecule has 0 N–H and O–H groups in total. The van der Waals surface area contributed by atoms with E-state index in [4.69, 9.17) is 6.42 Å². The second kappa shape index (κ2) is 16.6. The lowest BCUT2D eigenvalue weighted by molar-refractivity contribution is 0.557. The first-order valence-corrected chi connectivity index (χ1v) is 20.1. The minimum absolute atomic E-state index is 0.398. The van der Waals surface area contributed by atoms with Crippen LogP contribution < -0.4 is 4.90 Å². The largest absolute Gasteiger partial charge is 0.309 e. The van der Waals surface area contributed by atoms with Crippen LogP contribution in [0.25, 0.3) is 38.3 Å². The molecule has 58 heavy (non-hydrogen) atoms. The molecule has 1 atom stereocenters. The molecule has 1 aromatic heterocycles. The van der Waals surface area contributed by atoms with Gasteiger partial charge in [-0.3, -0.25) is 0 Å². The Morgan fingerprint density at radius 2 is 1.43 bits per heavy atom. The molecule has 0 saturated heterocycles. The van der Waals surface area contributed by atoms with Gasteiger partial charge in [0.05, 0.1) is 16.7 Å². The van der Waals surface area contributed by atoms with E-state index in [1.54, 1.807) is 0 Å². The summed E-state index contributed by atoms with van der Waals surface area (Å²) < 4.78 is 2.36. The van der Waals surface area contributed by atoms with Crippen LogP contribution in [0.1, 0.15) is 33.6 Å². The number of terminal acetylenes is 1. The Morgan fingerprint density at radius 1 is 0.741 bits per heavy atom. The molecule has 2 aliphatic carbocycles. The summed E-state index contributed by atoms with van der Waals surface area (Å²) in [5, 5.41) is 4.73. The predicted molar refractivity (Wildman–Crippen MR) is 251 cm³/mol. The normalized spacial score (nSPS) is 18.2. The molecule has 0 spiro atoms. The van der Waals surface area contributed by atoms with Crippen LogP contribution in [0.2, 0.25) is 0 Å². The van der Waals surface area contributed by atoms with E-state index in [-0.39, 0.29) is 0 Å². The Balaban J connectivity index is 1.35. The molecule has 0 bridgehead atoms. The highest BCUT2D eigenvalue weighted by Crippen LogP contribution is 2.57. The first-order chi connectivity index (χ1) is 28.5. The van der Waals surface area contributed by atoms with Crippen molar-refractivity contribution in [2.75, 3.05) is 4.90 Å². The summed E-state index contributed by atoms with van der Waals surface area (Å²) in [6, 6.07) is 41.0. The highest BCUT2D eigenvalue weighted by molar-refractivity contribution is 6.10. The molecule has 6 aromatic rings. The van der Waals surface area contributed by atoms with Crippen LogP contribution >= 0.6 is 0 Å². The van der Waals surface area contributed by atoms with Crippen LogP contribution in [-0.2, 0) is 0 Å². The van der Waals surface area contributed by atoms with Crippen LogP contribution in [0.5, 0.6) is 0 Å².